The van der Waals surface area contributed by atoms with E-state index in [4.69, 9.17) is 5.73 Å². The summed E-state index contributed by atoms with van der Waals surface area (Å²) in [7, 11) is 2.30. The minimum atomic E-state index is 0.654. The van der Waals surface area contributed by atoms with E-state index in [9.17, 15) is 0 Å². The monoisotopic (exact) mass is 253 g/mol. The molecule has 0 aromatic carbocycles. The third-order valence-electron chi connectivity index (χ3n) is 4.94. The van der Waals surface area contributed by atoms with Crippen molar-refractivity contribution in [3.63, 3.8) is 0 Å². The van der Waals surface area contributed by atoms with Crippen molar-refractivity contribution in [3.05, 3.63) is 0 Å². The first-order valence-corrected chi connectivity index (χ1v) is 7.95. The maximum Gasteiger partial charge on any atom is 0.0218 e. The number of hydrogen-bond acceptors (Lipinski definition) is 3. The highest BCUT2D eigenvalue weighted by atomic mass is 15.2. The van der Waals surface area contributed by atoms with Crippen LogP contribution in [0.5, 0.6) is 0 Å². The Morgan fingerprint density at radius 3 is 2.44 bits per heavy atom. The van der Waals surface area contributed by atoms with Gasteiger partial charge in [0.25, 0.3) is 0 Å². The highest BCUT2D eigenvalue weighted by Crippen LogP contribution is 2.21. The van der Waals surface area contributed by atoms with Crippen molar-refractivity contribution in [2.45, 2.75) is 63.5 Å². The second-order valence-corrected chi connectivity index (χ2v) is 6.19. The smallest absolute Gasteiger partial charge is 0.0218 e. The van der Waals surface area contributed by atoms with Gasteiger partial charge in [0.15, 0.2) is 0 Å². The molecule has 0 spiro atoms. The van der Waals surface area contributed by atoms with Gasteiger partial charge in [-0.15, -0.1) is 0 Å². The van der Waals surface area contributed by atoms with Crippen LogP contribution in [0.25, 0.3) is 0 Å². The van der Waals surface area contributed by atoms with Gasteiger partial charge in [-0.3, -0.25) is 4.90 Å². The molecule has 2 unspecified atom stereocenters. The van der Waals surface area contributed by atoms with Crippen molar-refractivity contribution in [2.24, 2.45) is 5.73 Å². The van der Waals surface area contributed by atoms with E-state index in [1.54, 1.807) is 0 Å². The standard InChI is InChI=1S/C15H31N3/c1-17-10-6-4-7-14(17)9-12-18-11-5-2-3-8-15(18)13-16/h14-15H,2-13,16H2,1H3. The Hall–Kier alpha value is -0.120. The van der Waals surface area contributed by atoms with E-state index in [2.05, 4.69) is 16.8 Å². The Morgan fingerprint density at radius 2 is 1.67 bits per heavy atom. The van der Waals surface area contributed by atoms with Crippen LogP contribution in [0.1, 0.15) is 51.4 Å². The Kier molecular flexibility index (Phi) is 5.93. The molecule has 0 aromatic heterocycles. The summed E-state index contributed by atoms with van der Waals surface area (Å²) in [4.78, 5) is 5.24. The van der Waals surface area contributed by atoms with Crippen molar-refractivity contribution in [1.82, 2.24) is 9.80 Å². The van der Waals surface area contributed by atoms with E-state index < -0.39 is 0 Å². The Labute approximate surface area is 113 Å². The second kappa shape index (κ2) is 7.46. The third-order valence-corrected chi connectivity index (χ3v) is 4.94. The number of hydrogen-bond donors (Lipinski definition) is 1. The Balaban J connectivity index is 1.79. The molecule has 0 radical (unpaired) electrons. The molecule has 2 N–H and O–H groups in total. The fourth-order valence-electron chi connectivity index (χ4n) is 3.62. The highest BCUT2D eigenvalue weighted by Gasteiger charge is 2.23. The summed E-state index contributed by atoms with van der Waals surface area (Å²) in [5.41, 5.74) is 5.95. The molecule has 2 heterocycles. The zero-order valence-corrected chi connectivity index (χ0v) is 12.1. The van der Waals surface area contributed by atoms with Crippen molar-refractivity contribution < 1.29 is 0 Å². The minimum absolute atomic E-state index is 0.654. The fraction of sp³-hybridized carbons (Fsp3) is 1.00. The third kappa shape index (κ3) is 3.94. The molecule has 2 fully saturated rings. The van der Waals surface area contributed by atoms with Gasteiger partial charge in [0, 0.05) is 18.6 Å². The Bertz CT molecular complexity index is 232. The summed E-state index contributed by atoms with van der Waals surface area (Å²) in [5.74, 6) is 0. The average molecular weight is 253 g/mol. The number of nitrogens with two attached hydrogens (primary N) is 1. The van der Waals surface area contributed by atoms with E-state index >= 15 is 0 Å². The van der Waals surface area contributed by atoms with E-state index in [1.807, 2.05) is 0 Å². The minimum Gasteiger partial charge on any atom is -0.329 e. The quantitative estimate of drug-likeness (QED) is 0.832. The van der Waals surface area contributed by atoms with Crippen molar-refractivity contribution in [1.29, 1.82) is 0 Å². The van der Waals surface area contributed by atoms with Crippen LogP contribution in [0.2, 0.25) is 0 Å². The lowest BCUT2D eigenvalue weighted by Crippen LogP contribution is -2.44. The van der Waals surface area contributed by atoms with Gasteiger partial charge < -0.3 is 10.6 Å². The number of likely N-dealkylation sites (tertiary alicyclic amines) is 2. The zero-order chi connectivity index (χ0) is 12.8. The maximum atomic E-state index is 5.95. The van der Waals surface area contributed by atoms with Gasteiger partial charge in [0.2, 0.25) is 0 Å². The summed E-state index contributed by atoms with van der Waals surface area (Å²) in [5, 5.41) is 0. The molecule has 106 valence electrons. The first kappa shape index (κ1) is 14.3. The van der Waals surface area contributed by atoms with Gasteiger partial charge in [-0.25, -0.2) is 0 Å². The van der Waals surface area contributed by atoms with Crippen LogP contribution in [0.4, 0.5) is 0 Å². The van der Waals surface area contributed by atoms with Crippen LogP contribution in [0, 0.1) is 0 Å². The topological polar surface area (TPSA) is 32.5 Å². The molecular formula is C15H31N3. The average Bonchev–Trinajstić information content (AvgIpc) is 2.62. The molecule has 2 saturated heterocycles. The van der Waals surface area contributed by atoms with Gasteiger partial charge in [-0.2, -0.15) is 0 Å². The lowest BCUT2D eigenvalue weighted by molar-refractivity contribution is 0.137. The molecule has 0 amide bonds. The maximum absolute atomic E-state index is 5.95. The van der Waals surface area contributed by atoms with E-state index in [1.165, 1.54) is 71.0 Å². The molecular weight excluding hydrogens is 222 g/mol. The predicted octanol–water partition coefficient (Wildman–Crippen LogP) is 2.06. The van der Waals surface area contributed by atoms with Gasteiger partial charge in [-0.1, -0.05) is 19.3 Å². The van der Waals surface area contributed by atoms with Crippen LogP contribution >= 0.6 is 0 Å². The molecule has 18 heavy (non-hydrogen) atoms. The summed E-state index contributed by atoms with van der Waals surface area (Å²) < 4.78 is 0. The van der Waals surface area contributed by atoms with Crippen LogP contribution in [-0.4, -0.2) is 55.1 Å². The predicted molar refractivity (Wildman–Crippen MR) is 77.8 cm³/mol. The van der Waals surface area contributed by atoms with Crippen molar-refractivity contribution >= 4 is 0 Å². The van der Waals surface area contributed by atoms with Crippen LogP contribution < -0.4 is 5.73 Å². The molecule has 0 aliphatic carbocycles. The largest absolute Gasteiger partial charge is 0.329 e. The summed E-state index contributed by atoms with van der Waals surface area (Å²) >= 11 is 0. The lowest BCUT2D eigenvalue weighted by atomic mass is 9.99. The number of nitrogens with zero attached hydrogens (tertiary/aromatic N) is 2. The zero-order valence-electron chi connectivity index (χ0n) is 12.1. The molecule has 2 rings (SSSR count). The van der Waals surface area contributed by atoms with Crippen molar-refractivity contribution in [3.8, 4) is 0 Å². The molecule has 3 heteroatoms. The molecule has 3 nitrogen and oxygen atoms in total. The van der Waals surface area contributed by atoms with Crippen LogP contribution in [-0.2, 0) is 0 Å². The molecule has 2 aliphatic rings. The van der Waals surface area contributed by atoms with Gasteiger partial charge >= 0.3 is 0 Å². The number of piperidine rings is 1. The van der Waals surface area contributed by atoms with Gasteiger partial charge in [0.05, 0.1) is 0 Å². The van der Waals surface area contributed by atoms with Crippen LogP contribution in [0.3, 0.4) is 0 Å². The molecule has 0 saturated carbocycles. The normalized spacial score (nSPS) is 32.3. The lowest BCUT2D eigenvalue weighted by Gasteiger charge is -2.35. The van der Waals surface area contributed by atoms with Crippen LogP contribution in [0.15, 0.2) is 0 Å². The number of rotatable bonds is 4. The van der Waals surface area contributed by atoms with E-state index in [0.717, 1.165) is 12.6 Å². The molecule has 2 atom stereocenters. The SMILES string of the molecule is CN1CCCCC1CCN1CCCCCC1CN. The van der Waals surface area contributed by atoms with Gasteiger partial charge in [0.1, 0.15) is 0 Å². The summed E-state index contributed by atoms with van der Waals surface area (Å²) in [6.07, 6.45) is 11.0. The first-order valence-electron chi connectivity index (χ1n) is 7.95. The van der Waals surface area contributed by atoms with Crippen molar-refractivity contribution in [2.75, 3.05) is 33.2 Å². The van der Waals surface area contributed by atoms with E-state index in [0.29, 0.717) is 6.04 Å². The highest BCUT2D eigenvalue weighted by molar-refractivity contribution is 4.80. The molecule has 2 aliphatic heterocycles. The summed E-state index contributed by atoms with van der Waals surface area (Å²) in [6, 6.07) is 1.47. The Morgan fingerprint density at radius 1 is 0.944 bits per heavy atom. The van der Waals surface area contributed by atoms with E-state index in [-0.39, 0.29) is 0 Å². The van der Waals surface area contributed by atoms with Gasteiger partial charge in [-0.05, 0) is 58.8 Å². The molecule has 0 bridgehead atoms. The fourth-order valence-corrected chi connectivity index (χ4v) is 3.62. The molecule has 0 aromatic rings. The first-order chi connectivity index (χ1) is 8.81. The summed E-state index contributed by atoms with van der Waals surface area (Å²) in [6.45, 7) is 4.68. The second-order valence-electron chi connectivity index (χ2n) is 6.19.